The van der Waals surface area contributed by atoms with E-state index in [1.807, 2.05) is 0 Å². The van der Waals surface area contributed by atoms with Gasteiger partial charge in [0, 0.05) is 37.4 Å². The summed E-state index contributed by atoms with van der Waals surface area (Å²) < 4.78 is 6.00. The summed E-state index contributed by atoms with van der Waals surface area (Å²) >= 11 is 3.81. The maximum absolute atomic E-state index is 3.81. The zero-order valence-electron chi connectivity index (χ0n) is 31.6. The molecule has 0 amide bonds. The van der Waals surface area contributed by atoms with Gasteiger partial charge in [-0.2, -0.15) is 0 Å². The van der Waals surface area contributed by atoms with Crippen LogP contribution in [0.25, 0.3) is 66.1 Å². The lowest BCUT2D eigenvalue weighted by atomic mass is 10.0. The average molecular weight is 822 g/mol. The molecule has 0 saturated heterocycles. The van der Waals surface area contributed by atoms with Crippen molar-refractivity contribution in [2.45, 2.75) is 0 Å². The predicted octanol–water partition coefficient (Wildman–Crippen LogP) is 11.7. The third kappa shape index (κ3) is 5.44. The van der Waals surface area contributed by atoms with Crippen molar-refractivity contribution in [3.05, 3.63) is 229 Å². The molecule has 2 nitrogen and oxygen atoms in total. The number of halogens is 1. The highest BCUT2D eigenvalue weighted by Crippen LogP contribution is 2.38. The number of benzene rings is 9. The highest BCUT2D eigenvalue weighted by Gasteiger charge is 2.41. The molecule has 0 atom stereocenters. The first kappa shape index (κ1) is 34.5. The molecule has 11 aromatic rings. The van der Waals surface area contributed by atoms with Crippen molar-refractivity contribution in [2.24, 2.45) is 0 Å². The maximum atomic E-state index is 3.81. The monoisotopic (exact) mass is 820 g/mol. The summed E-state index contributed by atoms with van der Waals surface area (Å²) in [6.45, 7) is 0. The van der Waals surface area contributed by atoms with E-state index in [-0.39, 0.29) is 0 Å². The summed E-state index contributed by atoms with van der Waals surface area (Å²) in [6, 6.07) is 83.1. The number of rotatable bonds is 7. The first-order valence-electron chi connectivity index (χ1n) is 19.8. The molecule has 0 aliphatic rings. The number of hydrogen-bond acceptors (Lipinski definition) is 0. The van der Waals surface area contributed by atoms with Gasteiger partial charge in [0.15, 0.2) is 8.07 Å². The Bertz CT molecular complexity index is 3180. The Morgan fingerprint density at radius 3 is 1.22 bits per heavy atom. The van der Waals surface area contributed by atoms with Gasteiger partial charge in [0.2, 0.25) is 0 Å². The van der Waals surface area contributed by atoms with Gasteiger partial charge in [-0.3, -0.25) is 0 Å². The third-order valence-corrected chi connectivity index (χ3v) is 17.2. The van der Waals surface area contributed by atoms with Gasteiger partial charge >= 0.3 is 0 Å². The van der Waals surface area contributed by atoms with Gasteiger partial charge in [-0.15, -0.1) is 0 Å². The molecule has 0 N–H and O–H groups in total. The van der Waals surface area contributed by atoms with Crippen LogP contribution in [0.1, 0.15) is 0 Å². The van der Waals surface area contributed by atoms with Gasteiger partial charge in [0.1, 0.15) is 0 Å². The fourth-order valence-electron chi connectivity index (χ4n) is 9.42. The molecule has 0 aliphatic heterocycles. The number of hydrogen-bond donors (Lipinski definition) is 0. The highest BCUT2D eigenvalue weighted by atomic mass is 79.9. The highest BCUT2D eigenvalue weighted by molar-refractivity contribution is 9.10. The second kappa shape index (κ2) is 14.0. The van der Waals surface area contributed by atoms with Crippen molar-refractivity contribution in [1.29, 1.82) is 0 Å². The Kier molecular flexibility index (Phi) is 8.35. The van der Waals surface area contributed by atoms with Crippen LogP contribution >= 0.6 is 15.9 Å². The minimum absolute atomic E-state index is 1.06. The summed E-state index contributed by atoms with van der Waals surface area (Å²) in [5, 5.41) is 10.4. The van der Waals surface area contributed by atoms with Crippen LogP contribution in [-0.4, -0.2) is 17.2 Å². The van der Waals surface area contributed by atoms with Crippen molar-refractivity contribution in [3.63, 3.8) is 0 Å². The fraction of sp³-hybridized carbons (Fsp3) is 0. The second-order valence-electron chi connectivity index (χ2n) is 15.1. The van der Waals surface area contributed by atoms with Gasteiger partial charge in [0.25, 0.3) is 0 Å². The van der Waals surface area contributed by atoms with Gasteiger partial charge < -0.3 is 9.13 Å². The van der Waals surface area contributed by atoms with E-state index in [9.17, 15) is 0 Å². The van der Waals surface area contributed by atoms with Crippen LogP contribution in [-0.2, 0) is 0 Å². The molecule has 0 spiro atoms. The molecule has 9 aromatic carbocycles. The Labute approximate surface area is 347 Å². The van der Waals surface area contributed by atoms with E-state index in [0.717, 1.165) is 21.4 Å². The largest absolute Gasteiger partial charge is 0.309 e. The van der Waals surface area contributed by atoms with Crippen LogP contribution in [0.2, 0.25) is 0 Å². The van der Waals surface area contributed by atoms with Gasteiger partial charge in [-0.05, 0) is 80.4 Å². The number of aromatic nitrogens is 2. The van der Waals surface area contributed by atoms with Crippen molar-refractivity contribution in [1.82, 2.24) is 9.13 Å². The maximum Gasteiger partial charge on any atom is 0.179 e. The minimum Gasteiger partial charge on any atom is -0.309 e. The van der Waals surface area contributed by atoms with E-state index < -0.39 is 8.07 Å². The van der Waals surface area contributed by atoms with Crippen LogP contribution in [0, 0.1) is 0 Å². The molecule has 0 aliphatic carbocycles. The minimum atomic E-state index is -2.80. The van der Waals surface area contributed by atoms with Gasteiger partial charge in [0.05, 0.1) is 22.1 Å². The van der Waals surface area contributed by atoms with E-state index >= 15 is 0 Å². The predicted molar refractivity (Wildman–Crippen MR) is 252 cm³/mol. The molecule has 2 aromatic heterocycles. The van der Waals surface area contributed by atoms with Crippen LogP contribution in [0.5, 0.6) is 0 Å². The Morgan fingerprint density at radius 1 is 0.293 bits per heavy atom. The Hall–Kier alpha value is -6.72. The fourth-order valence-corrected chi connectivity index (χ4v) is 14.5. The van der Waals surface area contributed by atoms with E-state index in [4.69, 9.17) is 0 Å². The standard InChI is InChI=1S/C54H37BrN2Si/c55-40-29-31-49-47-25-13-15-27-51(47)56(53(49)35-40)41-33-39(38-17-5-1-6-18-38)34-42(36-41)57-52-28-16-14-26-48(52)50-32-30-46(37-54(50)57)58(43-19-7-2-8-20-43,44-21-9-3-10-22-44)45-23-11-4-12-24-45/h1-37H. The second-order valence-corrected chi connectivity index (χ2v) is 19.8. The van der Waals surface area contributed by atoms with Crippen LogP contribution in [0.4, 0.5) is 0 Å². The molecular formula is C54H37BrN2Si. The molecule has 0 radical (unpaired) electrons. The lowest BCUT2D eigenvalue weighted by Gasteiger charge is -2.34. The topological polar surface area (TPSA) is 9.86 Å². The quantitative estimate of drug-likeness (QED) is 0.112. The van der Waals surface area contributed by atoms with E-state index in [2.05, 4.69) is 250 Å². The zero-order chi connectivity index (χ0) is 38.6. The lowest BCUT2D eigenvalue weighted by Crippen LogP contribution is -2.74. The molecule has 11 rings (SSSR count). The normalized spacial score (nSPS) is 11.9. The summed E-state index contributed by atoms with van der Waals surface area (Å²) in [6.07, 6.45) is 0. The summed E-state index contributed by atoms with van der Waals surface area (Å²) in [4.78, 5) is 0. The summed E-state index contributed by atoms with van der Waals surface area (Å²) in [7, 11) is -2.80. The summed E-state index contributed by atoms with van der Waals surface area (Å²) in [5.74, 6) is 0. The Balaban J connectivity index is 1.25. The number of nitrogens with zero attached hydrogens (tertiary/aromatic N) is 2. The van der Waals surface area contributed by atoms with E-state index in [1.54, 1.807) is 0 Å². The molecule has 0 saturated carbocycles. The molecule has 2 heterocycles. The average Bonchev–Trinajstić information content (AvgIpc) is 3.80. The molecule has 58 heavy (non-hydrogen) atoms. The molecule has 274 valence electrons. The van der Waals surface area contributed by atoms with Gasteiger partial charge in [-0.25, -0.2) is 0 Å². The number of para-hydroxylation sites is 2. The summed E-state index contributed by atoms with van der Waals surface area (Å²) in [5.41, 5.74) is 9.30. The van der Waals surface area contributed by atoms with E-state index in [1.165, 1.54) is 69.9 Å². The lowest BCUT2D eigenvalue weighted by molar-refractivity contribution is 1.13. The van der Waals surface area contributed by atoms with Crippen LogP contribution in [0.15, 0.2) is 229 Å². The first-order valence-corrected chi connectivity index (χ1v) is 22.6. The van der Waals surface area contributed by atoms with Crippen molar-refractivity contribution in [2.75, 3.05) is 0 Å². The molecule has 0 fully saturated rings. The van der Waals surface area contributed by atoms with E-state index in [0.29, 0.717) is 0 Å². The van der Waals surface area contributed by atoms with Crippen molar-refractivity contribution < 1.29 is 0 Å². The first-order chi connectivity index (χ1) is 28.7. The molecular weight excluding hydrogens is 785 g/mol. The molecule has 4 heteroatoms. The molecule has 0 bridgehead atoms. The van der Waals surface area contributed by atoms with Crippen LogP contribution in [0.3, 0.4) is 0 Å². The molecule has 0 unspecified atom stereocenters. The third-order valence-electron chi connectivity index (χ3n) is 11.9. The van der Waals surface area contributed by atoms with Crippen LogP contribution < -0.4 is 20.7 Å². The van der Waals surface area contributed by atoms with Gasteiger partial charge in [-0.1, -0.05) is 192 Å². The van der Waals surface area contributed by atoms with Crippen molar-refractivity contribution >= 4 is 88.4 Å². The number of fused-ring (bicyclic) bond motifs is 6. The zero-order valence-corrected chi connectivity index (χ0v) is 34.2. The SMILES string of the molecule is Brc1ccc2c3ccccc3n(-c3cc(-c4ccccc4)cc(-n4c5ccccc5c5ccc([Si](c6ccccc6)(c6ccccc6)c6ccccc6)cc54)c3)c2c1. The smallest absolute Gasteiger partial charge is 0.179 e. The Morgan fingerprint density at radius 2 is 0.707 bits per heavy atom. The van der Waals surface area contributed by atoms with Crippen molar-refractivity contribution in [3.8, 4) is 22.5 Å².